The highest BCUT2D eigenvalue weighted by Crippen LogP contribution is 2.37. The van der Waals surface area contributed by atoms with Crippen molar-refractivity contribution in [3.8, 4) is 17.0 Å². The number of hydrogen-bond acceptors (Lipinski definition) is 2. The van der Waals surface area contributed by atoms with Gasteiger partial charge in [0.2, 0.25) is 0 Å². The van der Waals surface area contributed by atoms with Crippen LogP contribution in [-0.4, -0.2) is 11.5 Å². The predicted molar refractivity (Wildman–Crippen MR) is 131 cm³/mol. The minimum Gasteiger partial charge on any atom is -0.489 e. The van der Waals surface area contributed by atoms with Gasteiger partial charge in [0.05, 0.1) is 5.69 Å². The van der Waals surface area contributed by atoms with Gasteiger partial charge >= 0.3 is 0 Å². The van der Waals surface area contributed by atoms with E-state index in [1.807, 2.05) is 18.2 Å². The highest BCUT2D eigenvalue weighted by atomic mass is 16.5. The van der Waals surface area contributed by atoms with Crippen molar-refractivity contribution in [3.05, 3.63) is 88.5 Å². The van der Waals surface area contributed by atoms with E-state index in [1.165, 1.54) is 44.5 Å². The summed E-state index contributed by atoms with van der Waals surface area (Å²) in [5.41, 5.74) is 16.0. The van der Waals surface area contributed by atoms with Crippen molar-refractivity contribution in [3.63, 3.8) is 0 Å². The number of hydrogen-bond donors (Lipinski definition) is 2. The summed E-state index contributed by atoms with van der Waals surface area (Å²) in [5, 5.41) is 1.25. The number of H-pyrrole nitrogens is 1. The fourth-order valence-corrected chi connectivity index (χ4v) is 4.55. The number of aryl methyl sites for hydroxylation is 4. The Bertz CT molecular complexity index is 1150. The van der Waals surface area contributed by atoms with E-state index >= 15 is 0 Å². The lowest BCUT2D eigenvalue weighted by atomic mass is 9.93. The Morgan fingerprint density at radius 2 is 1.61 bits per heavy atom. The molecule has 1 heterocycles. The topological polar surface area (TPSA) is 51.0 Å². The van der Waals surface area contributed by atoms with E-state index in [1.54, 1.807) is 0 Å². The Kier molecular flexibility index (Phi) is 6.43. The fraction of sp³-hybridized carbons (Fsp3) is 0.286. The fourth-order valence-electron chi connectivity index (χ4n) is 4.55. The third kappa shape index (κ3) is 4.67. The first-order valence-corrected chi connectivity index (χ1v) is 11.2. The molecule has 0 bridgehead atoms. The van der Waals surface area contributed by atoms with Crippen molar-refractivity contribution in [2.24, 2.45) is 5.73 Å². The van der Waals surface area contributed by atoms with Crippen LogP contribution in [0.25, 0.3) is 22.2 Å². The van der Waals surface area contributed by atoms with Crippen LogP contribution >= 0.6 is 0 Å². The number of aromatic nitrogens is 1. The maximum Gasteiger partial charge on any atom is 0.120 e. The molecule has 160 valence electrons. The molecule has 0 aliphatic heterocycles. The number of rotatable bonds is 8. The third-order valence-corrected chi connectivity index (χ3v) is 5.93. The molecule has 0 saturated heterocycles. The summed E-state index contributed by atoms with van der Waals surface area (Å²) >= 11 is 0. The first-order valence-electron chi connectivity index (χ1n) is 11.2. The molecule has 3 heteroatoms. The van der Waals surface area contributed by atoms with Gasteiger partial charge in [-0.05, 0) is 87.0 Å². The molecule has 0 unspecified atom stereocenters. The number of nitrogens with one attached hydrogen (secondary N) is 1. The van der Waals surface area contributed by atoms with E-state index in [9.17, 15) is 0 Å². The minimum absolute atomic E-state index is 0.572. The van der Waals surface area contributed by atoms with Crippen LogP contribution in [0.15, 0.2) is 60.7 Å². The molecule has 0 aliphatic carbocycles. The molecule has 0 saturated carbocycles. The molecule has 0 aliphatic rings. The molecular formula is C28H32N2O. The smallest absolute Gasteiger partial charge is 0.120 e. The van der Waals surface area contributed by atoms with E-state index in [0.717, 1.165) is 37.1 Å². The quantitative estimate of drug-likeness (QED) is 0.320. The van der Waals surface area contributed by atoms with Crippen molar-refractivity contribution >= 4 is 10.9 Å². The van der Waals surface area contributed by atoms with Crippen LogP contribution in [0.5, 0.6) is 5.75 Å². The Hall–Kier alpha value is -3.04. The average Bonchev–Trinajstić information content (AvgIpc) is 3.10. The van der Waals surface area contributed by atoms with Crippen LogP contribution in [-0.2, 0) is 13.0 Å². The van der Waals surface area contributed by atoms with Crippen molar-refractivity contribution in [2.75, 3.05) is 6.54 Å². The number of aromatic amines is 1. The van der Waals surface area contributed by atoms with Gasteiger partial charge in [0, 0.05) is 16.5 Å². The lowest BCUT2D eigenvalue weighted by Gasteiger charge is -2.13. The van der Waals surface area contributed by atoms with E-state index in [2.05, 4.69) is 68.2 Å². The molecule has 0 amide bonds. The molecule has 1 aromatic heterocycles. The Labute approximate surface area is 185 Å². The lowest BCUT2D eigenvalue weighted by molar-refractivity contribution is 0.306. The van der Waals surface area contributed by atoms with Gasteiger partial charge in [-0.1, -0.05) is 48.0 Å². The Morgan fingerprint density at radius 3 is 2.32 bits per heavy atom. The summed E-state index contributed by atoms with van der Waals surface area (Å²) in [4.78, 5) is 3.72. The van der Waals surface area contributed by atoms with Crippen LogP contribution in [0.2, 0.25) is 0 Å². The van der Waals surface area contributed by atoms with Gasteiger partial charge < -0.3 is 15.5 Å². The SMILES string of the molecule is Cc1cc(C)c(-c2[nH]c3ccc(OCc4ccccc4)cc3c2CCCCN)c(C)c1. The van der Waals surface area contributed by atoms with Crippen molar-refractivity contribution in [2.45, 2.75) is 46.6 Å². The molecule has 31 heavy (non-hydrogen) atoms. The molecular weight excluding hydrogens is 380 g/mol. The Morgan fingerprint density at radius 1 is 0.871 bits per heavy atom. The second-order valence-electron chi connectivity index (χ2n) is 8.48. The lowest BCUT2D eigenvalue weighted by Crippen LogP contribution is -2.00. The van der Waals surface area contributed by atoms with E-state index in [4.69, 9.17) is 10.5 Å². The highest BCUT2D eigenvalue weighted by Gasteiger charge is 2.17. The maximum absolute atomic E-state index is 6.13. The summed E-state index contributed by atoms with van der Waals surface area (Å²) in [5.74, 6) is 0.902. The van der Waals surface area contributed by atoms with Gasteiger partial charge in [-0.25, -0.2) is 0 Å². The van der Waals surface area contributed by atoms with Gasteiger partial charge in [-0.3, -0.25) is 0 Å². The van der Waals surface area contributed by atoms with E-state index in [0.29, 0.717) is 6.61 Å². The summed E-state index contributed by atoms with van der Waals surface area (Å²) in [6.45, 7) is 7.87. The number of ether oxygens (including phenoxy) is 1. The predicted octanol–water partition coefficient (Wildman–Crippen LogP) is 6.62. The molecule has 4 aromatic rings. The summed E-state index contributed by atoms with van der Waals surface area (Å²) in [6, 6.07) is 21.2. The monoisotopic (exact) mass is 412 g/mol. The van der Waals surface area contributed by atoms with Crippen LogP contribution in [0.3, 0.4) is 0 Å². The van der Waals surface area contributed by atoms with Gasteiger partial charge in [-0.15, -0.1) is 0 Å². The Balaban J connectivity index is 1.75. The van der Waals surface area contributed by atoms with Crippen LogP contribution in [0, 0.1) is 20.8 Å². The van der Waals surface area contributed by atoms with Crippen molar-refractivity contribution in [1.82, 2.24) is 4.98 Å². The molecule has 3 N–H and O–H groups in total. The van der Waals surface area contributed by atoms with Crippen LogP contribution in [0.1, 0.15) is 40.7 Å². The van der Waals surface area contributed by atoms with Crippen molar-refractivity contribution in [1.29, 1.82) is 0 Å². The maximum atomic E-state index is 6.13. The third-order valence-electron chi connectivity index (χ3n) is 5.93. The summed E-state index contributed by atoms with van der Waals surface area (Å²) < 4.78 is 6.13. The van der Waals surface area contributed by atoms with Crippen molar-refractivity contribution < 1.29 is 4.74 Å². The molecule has 3 nitrogen and oxygen atoms in total. The van der Waals surface area contributed by atoms with E-state index < -0.39 is 0 Å². The number of benzene rings is 3. The first-order chi connectivity index (χ1) is 15.1. The zero-order chi connectivity index (χ0) is 21.8. The molecule has 0 atom stereocenters. The van der Waals surface area contributed by atoms with Crippen LogP contribution < -0.4 is 10.5 Å². The van der Waals surface area contributed by atoms with Crippen LogP contribution in [0.4, 0.5) is 0 Å². The second kappa shape index (κ2) is 9.40. The molecule has 4 rings (SSSR count). The van der Waals surface area contributed by atoms with Gasteiger partial charge in [0.15, 0.2) is 0 Å². The van der Waals surface area contributed by atoms with Gasteiger partial charge in [0.25, 0.3) is 0 Å². The highest BCUT2D eigenvalue weighted by molar-refractivity contribution is 5.93. The standard InChI is InChI=1S/C28H32N2O/c1-19-15-20(2)27(21(3)16-19)28-24(11-7-8-14-29)25-17-23(12-13-26(25)30-28)31-18-22-9-5-4-6-10-22/h4-6,9-10,12-13,15-17,30H,7-8,11,14,18,29H2,1-3H3. The molecule has 0 fully saturated rings. The molecule has 0 spiro atoms. The normalized spacial score (nSPS) is 11.2. The number of unbranched alkanes of at least 4 members (excludes halogenated alkanes) is 1. The minimum atomic E-state index is 0.572. The summed E-state index contributed by atoms with van der Waals surface area (Å²) in [6.07, 6.45) is 3.11. The summed E-state index contributed by atoms with van der Waals surface area (Å²) in [7, 11) is 0. The average molecular weight is 413 g/mol. The largest absolute Gasteiger partial charge is 0.489 e. The zero-order valence-electron chi connectivity index (χ0n) is 18.8. The number of nitrogens with two attached hydrogens (primary N) is 1. The second-order valence-corrected chi connectivity index (χ2v) is 8.48. The zero-order valence-corrected chi connectivity index (χ0v) is 18.8. The number of fused-ring (bicyclic) bond motifs is 1. The van der Waals surface area contributed by atoms with Gasteiger partial charge in [-0.2, -0.15) is 0 Å². The first kappa shape index (κ1) is 21.2. The van der Waals surface area contributed by atoms with E-state index in [-0.39, 0.29) is 0 Å². The van der Waals surface area contributed by atoms with Gasteiger partial charge in [0.1, 0.15) is 12.4 Å². The molecule has 3 aromatic carbocycles. The molecule has 0 radical (unpaired) electrons.